The van der Waals surface area contributed by atoms with Crippen molar-refractivity contribution < 1.29 is 21.2 Å². The summed E-state index contributed by atoms with van der Waals surface area (Å²) in [6, 6.07) is 0. The quantitative estimate of drug-likeness (QED) is 0.441. The molecule has 78 valence electrons. The van der Waals surface area contributed by atoms with Crippen molar-refractivity contribution >= 4 is 0 Å². The summed E-state index contributed by atoms with van der Waals surface area (Å²) in [7, 11) is 0. The van der Waals surface area contributed by atoms with Crippen LogP contribution in [0.2, 0.25) is 0 Å². The molecular formula is C12H22I-. The summed E-state index contributed by atoms with van der Waals surface area (Å²) in [5, 5.41) is 0. The van der Waals surface area contributed by atoms with Gasteiger partial charge in [-0.2, -0.15) is 0 Å². The summed E-state index contributed by atoms with van der Waals surface area (Å²) in [5.41, 5.74) is 1.84. The molecule has 1 aliphatic carbocycles. The summed E-state index contributed by atoms with van der Waals surface area (Å²) < 4.78 is 3.15. The molecule has 0 radical (unpaired) electrons. The minimum absolute atomic E-state index is 0.528. The molecule has 0 aromatic carbocycles. The predicted molar refractivity (Wildman–Crippen MR) is 53.5 cm³/mol. The molecule has 13 heavy (non-hydrogen) atoms. The zero-order valence-electron chi connectivity index (χ0n) is 9.58. The van der Waals surface area contributed by atoms with E-state index in [9.17, 15) is 0 Å². The average Bonchev–Trinajstić information content (AvgIpc) is 2.12. The first kappa shape index (κ1) is 10.3. The molecule has 1 aliphatic heterocycles. The second kappa shape index (κ2) is 2.65. The Morgan fingerprint density at radius 2 is 1.69 bits per heavy atom. The van der Waals surface area contributed by atoms with Crippen LogP contribution in [0.5, 0.6) is 0 Å². The number of fused-ring (bicyclic) bond motifs is 2. The minimum atomic E-state index is 0.528. The van der Waals surface area contributed by atoms with E-state index in [1.165, 1.54) is 6.42 Å². The van der Waals surface area contributed by atoms with E-state index in [2.05, 4.69) is 34.6 Å². The van der Waals surface area contributed by atoms with Crippen LogP contribution in [0.1, 0.15) is 41.0 Å². The first-order valence-electron chi connectivity index (χ1n) is 5.35. The van der Waals surface area contributed by atoms with Crippen molar-refractivity contribution in [2.45, 2.75) is 41.0 Å². The molecule has 0 N–H and O–H groups in total. The van der Waals surface area contributed by atoms with Gasteiger partial charge in [-0.05, 0) is 0 Å². The van der Waals surface area contributed by atoms with Crippen molar-refractivity contribution in [2.75, 3.05) is 8.86 Å². The fourth-order valence-corrected chi connectivity index (χ4v) is 8.96. The molecule has 2 atom stereocenters. The van der Waals surface area contributed by atoms with Crippen LogP contribution in [-0.4, -0.2) is 8.86 Å². The molecule has 0 aromatic rings. The van der Waals surface area contributed by atoms with Gasteiger partial charge in [-0.15, -0.1) is 0 Å². The summed E-state index contributed by atoms with van der Waals surface area (Å²) >= 11 is 0.528. The summed E-state index contributed by atoms with van der Waals surface area (Å²) in [5.74, 6) is 1.04. The van der Waals surface area contributed by atoms with Crippen LogP contribution < -0.4 is 21.2 Å². The van der Waals surface area contributed by atoms with Crippen LogP contribution in [0, 0.1) is 22.2 Å². The van der Waals surface area contributed by atoms with E-state index in [-0.39, 0.29) is 0 Å². The Hall–Kier alpha value is 0.730. The molecule has 0 spiro atoms. The van der Waals surface area contributed by atoms with Crippen molar-refractivity contribution in [1.82, 2.24) is 0 Å². The molecule has 1 saturated carbocycles. The zero-order chi connectivity index (χ0) is 9.91. The van der Waals surface area contributed by atoms with Crippen LogP contribution in [0.3, 0.4) is 0 Å². The summed E-state index contributed by atoms with van der Waals surface area (Å²) in [4.78, 5) is 0. The van der Waals surface area contributed by atoms with E-state index in [1.807, 2.05) is 0 Å². The van der Waals surface area contributed by atoms with Gasteiger partial charge in [0.25, 0.3) is 0 Å². The van der Waals surface area contributed by atoms with E-state index in [4.69, 9.17) is 0 Å². The molecule has 1 heterocycles. The monoisotopic (exact) mass is 293 g/mol. The second-order valence-electron chi connectivity index (χ2n) is 6.32. The predicted octanol–water partition coefficient (Wildman–Crippen LogP) is 0.168. The van der Waals surface area contributed by atoms with Crippen LogP contribution in [-0.2, 0) is 0 Å². The van der Waals surface area contributed by atoms with Crippen molar-refractivity contribution in [2.24, 2.45) is 22.2 Å². The molecule has 2 rings (SSSR count). The molecule has 2 fully saturated rings. The molecule has 2 aliphatic rings. The summed E-state index contributed by atoms with van der Waals surface area (Å²) in [6.45, 7) is 12.6. The van der Waals surface area contributed by atoms with E-state index >= 15 is 0 Å². The number of alkyl halides is 2. The van der Waals surface area contributed by atoms with Gasteiger partial charge in [-0.25, -0.2) is 0 Å². The van der Waals surface area contributed by atoms with E-state index in [1.54, 1.807) is 8.86 Å². The third kappa shape index (κ3) is 1.09. The van der Waals surface area contributed by atoms with Gasteiger partial charge in [0.05, 0.1) is 0 Å². The molecule has 1 saturated heterocycles. The van der Waals surface area contributed by atoms with Crippen molar-refractivity contribution in [3.05, 3.63) is 0 Å². The third-order valence-electron chi connectivity index (χ3n) is 5.35. The second-order valence-corrected chi connectivity index (χ2v) is 9.04. The molecule has 0 amide bonds. The average molecular weight is 293 g/mol. The zero-order valence-corrected chi connectivity index (χ0v) is 11.7. The SMILES string of the molecule is CC1(C)CC2C[I-]CC1(C)C2(C)C. The van der Waals surface area contributed by atoms with E-state index in [0.29, 0.717) is 37.5 Å². The van der Waals surface area contributed by atoms with Crippen molar-refractivity contribution in [3.63, 3.8) is 0 Å². The molecular weight excluding hydrogens is 271 g/mol. The Balaban J connectivity index is 2.46. The van der Waals surface area contributed by atoms with Gasteiger partial charge in [0, 0.05) is 0 Å². The number of rotatable bonds is 0. The number of hydrogen-bond acceptors (Lipinski definition) is 0. The van der Waals surface area contributed by atoms with Crippen LogP contribution in [0.4, 0.5) is 0 Å². The van der Waals surface area contributed by atoms with E-state index < -0.39 is 0 Å². The fourth-order valence-electron chi connectivity index (χ4n) is 3.39. The van der Waals surface area contributed by atoms with E-state index in [0.717, 1.165) is 5.92 Å². The van der Waals surface area contributed by atoms with Gasteiger partial charge in [-0.1, -0.05) is 0 Å². The standard InChI is InChI=1S/C12H22I/c1-10(2)6-9-7-13-8-12(10,5)11(9,3)4/h9H,6-8H2,1-5H3/q-1. The maximum absolute atomic E-state index is 2.56. The first-order valence-corrected chi connectivity index (χ1v) is 8.40. The Labute approximate surface area is 93.1 Å². The maximum atomic E-state index is 2.56. The van der Waals surface area contributed by atoms with Crippen LogP contribution in [0.25, 0.3) is 0 Å². The van der Waals surface area contributed by atoms with Gasteiger partial charge >= 0.3 is 93.3 Å². The van der Waals surface area contributed by atoms with Gasteiger partial charge in [0.2, 0.25) is 0 Å². The normalized spacial score (nSPS) is 47.0. The topological polar surface area (TPSA) is 0 Å². The van der Waals surface area contributed by atoms with Crippen LogP contribution in [0.15, 0.2) is 0 Å². The Morgan fingerprint density at radius 3 is 2.15 bits per heavy atom. The van der Waals surface area contributed by atoms with Crippen molar-refractivity contribution in [1.29, 1.82) is 0 Å². The molecule has 0 aromatic heterocycles. The Kier molecular flexibility index (Phi) is 2.09. The number of hydrogen-bond donors (Lipinski definition) is 0. The fraction of sp³-hybridized carbons (Fsp3) is 1.00. The molecule has 0 nitrogen and oxygen atoms in total. The third-order valence-corrected chi connectivity index (χ3v) is 9.10. The Morgan fingerprint density at radius 1 is 1.08 bits per heavy atom. The van der Waals surface area contributed by atoms with Gasteiger partial charge < -0.3 is 0 Å². The van der Waals surface area contributed by atoms with Crippen LogP contribution >= 0.6 is 0 Å². The summed E-state index contributed by atoms with van der Waals surface area (Å²) in [6.07, 6.45) is 1.48. The first-order chi connectivity index (χ1) is 5.81. The Bertz CT molecular complexity index is 229. The van der Waals surface area contributed by atoms with Crippen molar-refractivity contribution in [3.8, 4) is 0 Å². The molecule has 2 bridgehead atoms. The van der Waals surface area contributed by atoms with Gasteiger partial charge in [0.1, 0.15) is 0 Å². The van der Waals surface area contributed by atoms with Gasteiger partial charge in [-0.3, -0.25) is 0 Å². The number of halogens is 1. The molecule has 2 unspecified atom stereocenters. The molecule has 1 heteroatoms. The van der Waals surface area contributed by atoms with Gasteiger partial charge in [0.15, 0.2) is 0 Å².